The number of allylic oxidation sites excluding steroid dienone is 1. The van der Waals surface area contributed by atoms with Crippen molar-refractivity contribution >= 4 is 11.9 Å². The number of rotatable bonds is 8. The Hall–Kier alpha value is -3.73. The predicted molar refractivity (Wildman–Crippen MR) is 109 cm³/mol. The number of hydrogen-bond acceptors (Lipinski definition) is 6. The van der Waals surface area contributed by atoms with Gasteiger partial charge in [0.15, 0.2) is 0 Å². The molecule has 0 aliphatic heterocycles. The number of halogens is 2. The van der Waals surface area contributed by atoms with Crippen LogP contribution in [0.4, 0.5) is 8.78 Å². The Bertz CT molecular complexity index is 1050. The van der Waals surface area contributed by atoms with Gasteiger partial charge in [-0.25, -0.2) is 4.79 Å². The molecule has 2 aromatic carbocycles. The highest BCUT2D eigenvalue weighted by Crippen LogP contribution is 2.59. The van der Waals surface area contributed by atoms with E-state index in [2.05, 4.69) is 4.74 Å². The first kappa shape index (κ1) is 22.9. The molecule has 166 valence electrons. The van der Waals surface area contributed by atoms with Crippen molar-refractivity contribution in [3.05, 3.63) is 72.3 Å². The molecule has 1 aliphatic carbocycles. The first-order valence-electron chi connectivity index (χ1n) is 9.82. The summed E-state index contributed by atoms with van der Waals surface area (Å²) in [5, 5.41) is 9.55. The van der Waals surface area contributed by atoms with E-state index in [1.165, 1.54) is 6.08 Å². The summed E-state index contributed by atoms with van der Waals surface area (Å²) >= 11 is 0. The van der Waals surface area contributed by atoms with Gasteiger partial charge in [-0.1, -0.05) is 50.3 Å². The molecule has 0 heterocycles. The molecular formula is C24H21F2NO5. The molecule has 0 saturated heterocycles. The topological polar surface area (TPSA) is 85.6 Å². The van der Waals surface area contributed by atoms with Crippen LogP contribution in [0.2, 0.25) is 0 Å². The number of nitriles is 1. The number of esters is 2. The second kappa shape index (κ2) is 9.60. The number of benzene rings is 2. The van der Waals surface area contributed by atoms with E-state index in [1.54, 1.807) is 50.2 Å². The maximum atomic E-state index is 12.7. The van der Waals surface area contributed by atoms with Crippen molar-refractivity contribution in [3.8, 4) is 17.6 Å². The number of carbonyl (C=O) groups excluding carboxylic acids is 2. The number of nitrogens with zero attached hydrogens (tertiary/aromatic N) is 1. The predicted octanol–water partition coefficient (Wildman–Crippen LogP) is 5.18. The minimum absolute atomic E-state index is 0.410. The molecule has 6 nitrogen and oxygen atoms in total. The average Bonchev–Trinajstić information content (AvgIpc) is 3.31. The summed E-state index contributed by atoms with van der Waals surface area (Å²) in [7, 11) is 0. The Kier molecular flexibility index (Phi) is 6.89. The lowest BCUT2D eigenvalue weighted by molar-refractivity contribution is -0.170. The van der Waals surface area contributed by atoms with Gasteiger partial charge in [-0.2, -0.15) is 14.0 Å². The highest BCUT2D eigenvalue weighted by atomic mass is 19.3. The van der Waals surface area contributed by atoms with Gasteiger partial charge in [0.25, 0.3) is 0 Å². The molecular weight excluding hydrogens is 420 g/mol. The first-order valence-corrected chi connectivity index (χ1v) is 9.82. The summed E-state index contributed by atoms with van der Waals surface area (Å²) < 4.78 is 39.1. The fourth-order valence-electron chi connectivity index (χ4n) is 3.52. The molecule has 3 unspecified atom stereocenters. The van der Waals surface area contributed by atoms with Gasteiger partial charge in [0.2, 0.25) is 6.10 Å². The Balaban J connectivity index is 1.66. The second-order valence-corrected chi connectivity index (χ2v) is 7.82. The van der Waals surface area contributed by atoms with E-state index in [0.717, 1.165) is 6.08 Å². The van der Waals surface area contributed by atoms with Crippen LogP contribution in [-0.4, -0.2) is 18.6 Å². The zero-order valence-corrected chi connectivity index (χ0v) is 17.4. The summed E-state index contributed by atoms with van der Waals surface area (Å²) in [6, 6.07) is 17.7. The fourth-order valence-corrected chi connectivity index (χ4v) is 3.52. The molecule has 0 spiro atoms. The van der Waals surface area contributed by atoms with E-state index in [4.69, 9.17) is 9.47 Å². The van der Waals surface area contributed by atoms with E-state index >= 15 is 0 Å². The number of alkyl halides is 2. The normalized spacial score (nSPS) is 19.8. The Morgan fingerprint density at radius 3 is 2.41 bits per heavy atom. The van der Waals surface area contributed by atoms with Crippen molar-refractivity contribution in [2.45, 2.75) is 26.6 Å². The van der Waals surface area contributed by atoms with Crippen LogP contribution in [0.5, 0.6) is 11.5 Å². The molecule has 0 N–H and O–H groups in total. The van der Waals surface area contributed by atoms with Crippen LogP contribution in [0.1, 0.15) is 25.5 Å². The summed E-state index contributed by atoms with van der Waals surface area (Å²) in [5.74, 6) is -1.75. The number of carbonyl (C=O) groups is 2. The van der Waals surface area contributed by atoms with E-state index in [-0.39, 0.29) is 0 Å². The standard InChI is InChI=1S/C24H21F2NO5/c1-24(2)18(11-12-20(28)32-23(25)26)21(24)22(29)31-19(14-27)15-7-6-10-17(13-15)30-16-8-4-3-5-9-16/h3-13,18-19,21,23H,1-2H3/b12-11+. The van der Waals surface area contributed by atoms with Gasteiger partial charge in [-0.05, 0) is 35.6 Å². The van der Waals surface area contributed by atoms with Crippen molar-refractivity contribution in [1.29, 1.82) is 5.26 Å². The third kappa shape index (κ3) is 5.49. The zero-order chi connectivity index (χ0) is 23.3. The number of ether oxygens (including phenoxy) is 3. The second-order valence-electron chi connectivity index (χ2n) is 7.82. The van der Waals surface area contributed by atoms with Crippen molar-refractivity contribution in [2.75, 3.05) is 0 Å². The molecule has 3 atom stereocenters. The third-order valence-electron chi connectivity index (χ3n) is 5.30. The van der Waals surface area contributed by atoms with E-state index in [1.807, 2.05) is 24.3 Å². The van der Waals surface area contributed by atoms with Crippen LogP contribution in [0.3, 0.4) is 0 Å². The van der Waals surface area contributed by atoms with Crippen LogP contribution in [-0.2, 0) is 19.1 Å². The van der Waals surface area contributed by atoms with Crippen LogP contribution in [0.25, 0.3) is 0 Å². The first-order chi connectivity index (χ1) is 15.2. The zero-order valence-electron chi connectivity index (χ0n) is 17.4. The average molecular weight is 441 g/mol. The fraction of sp³-hybridized carbons (Fsp3) is 0.292. The van der Waals surface area contributed by atoms with Crippen LogP contribution in [0.15, 0.2) is 66.7 Å². The molecule has 32 heavy (non-hydrogen) atoms. The van der Waals surface area contributed by atoms with Crippen molar-refractivity contribution < 1.29 is 32.6 Å². The summed E-state index contributed by atoms with van der Waals surface area (Å²) in [6.07, 6.45) is 1.07. The third-order valence-corrected chi connectivity index (χ3v) is 5.30. The smallest absolute Gasteiger partial charge is 0.389 e. The van der Waals surface area contributed by atoms with Gasteiger partial charge in [0.05, 0.1) is 5.92 Å². The SMILES string of the molecule is CC1(C)C(/C=C/C(=O)OC(F)F)C1C(=O)OC(C#N)c1cccc(Oc2ccccc2)c1. The Labute approximate surface area is 184 Å². The highest BCUT2D eigenvalue weighted by Gasteiger charge is 2.61. The van der Waals surface area contributed by atoms with Gasteiger partial charge < -0.3 is 14.2 Å². The van der Waals surface area contributed by atoms with Crippen LogP contribution < -0.4 is 4.74 Å². The maximum Gasteiger partial charge on any atom is 0.389 e. The van der Waals surface area contributed by atoms with Crippen LogP contribution in [0, 0.1) is 28.6 Å². The molecule has 1 saturated carbocycles. The largest absolute Gasteiger partial charge is 0.457 e. The molecule has 0 radical (unpaired) electrons. The van der Waals surface area contributed by atoms with Gasteiger partial charge in [-0.15, -0.1) is 0 Å². The van der Waals surface area contributed by atoms with Gasteiger partial charge in [-0.3, -0.25) is 4.79 Å². The summed E-state index contributed by atoms with van der Waals surface area (Å²) in [5.41, 5.74) is -0.114. The Morgan fingerprint density at radius 1 is 1.06 bits per heavy atom. The Morgan fingerprint density at radius 2 is 1.75 bits per heavy atom. The maximum absolute atomic E-state index is 12.7. The molecule has 2 aromatic rings. The molecule has 0 aromatic heterocycles. The lowest BCUT2D eigenvalue weighted by atomic mass is 10.1. The molecule has 1 aliphatic rings. The lowest BCUT2D eigenvalue weighted by Gasteiger charge is -2.13. The molecule has 1 fully saturated rings. The van der Waals surface area contributed by atoms with Crippen LogP contribution >= 0.6 is 0 Å². The van der Waals surface area contributed by atoms with E-state index in [9.17, 15) is 23.6 Å². The highest BCUT2D eigenvalue weighted by molar-refractivity contribution is 5.83. The number of para-hydroxylation sites is 1. The van der Waals surface area contributed by atoms with Gasteiger partial charge in [0, 0.05) is 11.6 Å². The lowest BCUT2D eigenvalue weighted by Crippen LogP contribution is -2.14. The minimum atomic E-state index is -3.21. The van der Waals surface area contributed by atoms with E-state index < -0.39 is 41.9 Å². The van der Waals surface area contributed by atoms with Crippen molar-refractivity contribution in [1.82, 2.24) is 0 Å². The van der Waals surface area contributed by atoms with Gasteiger partial charge >= 0.3 is 18.6 Å². The van der Waals surface area contributed by atoms with E-state index in [0.29, 0.717) is 17.1 Å². The monoisotopic (exact) mass is 441 g/mol. The molecule has 0 bridgehead atoms. The number of hydrogen-bond donors (Lipinski definition) is 0. The molecule has 0 amide bonds. The summed E-state index contributed by atoms with van der Waals surface area (Å²) in [4.78, 5) is 24.0. The quantitative estimate of drug-likeness (QED) is 0.414. The van der Waals surface area contributed by atoms with Crippen molar-refractivity contribution in [2.24, 2.45) is 17.3 Å². The van der Waals surface area contributed by atoms with Crippen molar-refractivity contribution in [3.63, 3.8) is 0 Å². The molecule has 8 heteroatoms. The van der Waals surface area contributed by atoms with Gasteiger partial charge in [0.1, 0.15) is 17.6 Å². The molecule has 3 rings (SSSR count). The minimum Gasteiger partial charge on any atom is -0.457 e. The summed E-state index contributed by atoms with van der Waals surface area (Å²) in [6.45, 7) is 0.350.